The van der Waals surface area contributed by atoms with E-state index in [-0.39, 0.29) is 5.91 Å². The van der Waals surface area contributed by atoms with Gasteiger partial charge in [0, 0.05) is 45.4 Å². The average Bonchev–Trinajstić information content (AvgIpc) is 2.59. The van der Waals surface area contributed by atoms with Gasteiger partial charge in [-0.25, -0.2) is 0 Å². The molecule has 0 aromatic carbocycles. The highest BCUT2D eigenvalue weighted by Crippen LogP contribution is 2.16. The maximum Gasteiger partial charge on any atom is 0.216 e. The molecule has 5 nitrogen and oxygen atoms in total. The van der Waals surface area contributed by atoms with Crippen molar-refractivity contribution in [2.24, 2.45) is 7.05 Å². The van der Waals surface area contributed by atoms with Crippen LogP contribution in [-0.2, 0) is 18.4 Å². The molecule has 0 bridgehead atoms. The Labute approximate surface area is 103 Å². The zero-order chi connectivity index (χ0) is 12.8. The Kier molecular flexibility index (Phi) is 5.15. The van der Waals surface area contributed by atoms with Gasteiger partial charge in [-0.15, -0.1) is 0 Å². The topological polar surface area (TPSA) is 59.0 Å². The number of hydrogen-bond donors (Lipinski definition) is 2. The molecular weight excluding hydrogens is 216 g/mol. The minimum absolute atomic E-state index is 0.0102. The third kappa shape index (κ3) is 4.56. The van der Waals surface area contributed by atoms with E-state index < -0.39 is 0 Å². The van der Waals surface area contributed by atoms with Crippen molar-refractivity contribution in [3.8, 4) is 0 Å². The fourth-order valence-electron chi connectivity index (χ4n) is 1.73. The highest BCUT2D eigenvalue weighted by Gasteiger charge is 2.10. The molecule has 0 spiro atoms. The number of amides is 1. The molecule has 1 heterocycles. The lowest BCUT2D eigenvalue weighted by Gasteiger charge is -2.07. The fourth-order valence-corrected chi connectivity index (χ4v) is 1.73. The first kappa shape index (κ1) is 13.7. The molecule has 0 saturated carbocycles. The highest BCUT2D eigenvalue weighted by atomic mass is 16.1. The van der Waals surface area contributed by atoms with Gasteiger partial charge in [-0.2, -0.15) is 5.10 Å². The Bertz CT molecular complexity index is 371. The lowest BCUT2D eigenvalue weighted by atomic mass is 10.1. The zero-order valence-electron chi connectivity index (χ0n) is 11.1. The lowest BCUT2D eigenvalue weighted by molar-refractivity contribution is -0.118. The Morgan fingerprint density at radius 1 is 1.47 bits per heavy atom. The predicted molar refractivity (Wildman–Crippen MR) is 67.7 cm³/mol. The van der Waals surface area contributed by atoms with Gasteiger partial charge in [-0.1, -0.05) is 13.8 Å². The van der Waals surface area contributed by atoms with Gasteiger partial charge < -0.3 is 10.6 Å². The van der Waals surface area contributed by atoms with Crippen molar-refractivity contribution < 1.29 is 4.79 Å². The van der Waals surface area contributed by atoms with Crippen LogP contribution >= 0.6 is 0 Å². The van der Waals surface area contributed by atoms with Crippen LogP contribution in [0.25, 0.3) is 0 Å². The molecule has 1 rings (SSSR count). The summed E-state index contributed by atoms with van der Waals surface area (Å²) >= 11 is 0. The van der Waals surface area contributed by atoms with E-state index in [4.69, 9.17) is 0 Å². The van der Waals surface area contributed by atoms with Gasteiger partial charge in [0.25, 0.3) is 0 Å². The van der Waals surface area contributed by atoms with Crippen LogP contribution in [0, 0.1) is 0 Å². The summed E-state index contributed by atoms with van der Waals surface area (Å²) in [6.45, 7) is 8.03. The van der Waals surface area contributed by atoms with Gasteiger partial charge in [0.15, 0.2) is 0 Å². The smallest absolute Gasteiger partial charge is 0.216 e. The molecule has 1 aromatic heterocycles. The molecule has 0 atom stereocenters. The Balaban J connectivity index is 2.38. The molecule has 17 heavy (non-hydrogen) atoms. The minimum atomic E-state index is 0.0102. The van der Waals surface area contributed by atoms with Crippen molar-refractivity contribution in [3.63, 3.8) is 0 Å². The van der Waals surface area contributed by atoms with Crippen molar-refractivity contribution in [2.45, 2.75) is 33.2 Å². The number of aryl methyl sites for hydroxylation is 1. The molecule has 0 fully saturated rings. The number of aromatic nitrogens is 2. The summed E-state index contributed by atoms with van der Waals surface area (Å²) in [5.41, 5.74) is 2.37. The number of nitrogens with one attached hydrogen (secondary N) is 2. The molecule has 0 radical (unpaired) electrons. The summed E-state index contributed by atoms with van der Waals surface area (Å²) < 4.78 is 1.85. The van der Waals surface area contributed by atoms with Gasteiger partial charge >= 0.3 is 0 Å². The SMILES string of the molecule is CC(=O)NCCNCc1cn(C)nc1C(C)C. The van der Waals surface area contributed by atoms with Crippen molar-refractivity contribution in [1.29, 1.82) is 0 Å². The fraction of sp³-hybridized carbons (Fsp3) is 0.667. The van der Waals surface area contributed by atoms with E-state index in [0.29, 0.717) is 12.5 Å². The van der Waals surface area contributed by atoms with Gasteiger partial charge in [-0.05, 0) is 5.92 Å². The van der Waals surface area contributed by atoms with Crippen LogP contribution in [-0.4, -0.2) is 28.8 Å². The molecule has 0 aliphatic rings. The first-order valence-corrected chi connectivity index (χ1v) is 5.98. The van der Waals surface area contributed by atoms with Crippen molar-refractivity contribution in [1.82, 2.24) is 20.4 Å². The standard InChI is InChI=1S/C12H22N4O/c1-9(2)12-11(8-16(4)15-12)7-13-5-6-14-10(3)17/h8-9,13H,5-7H2,1-4H3,(H,14,17). The third-order valence-corrected chi connectivity index (χ3v) is 2.48. The highest BCUT2D eigenvalue weighted by molar-refractivity contribution is 5.72. The second-order valence-corrected chi connectivity index (χ2v) is 4.53. The van der Waals surface area contributed by atoms with Crippen LogP contribution in [0.1, 0.15) is 37.9 Å². The lowest BCUT2D eigenvalue weighted by Crippen LogP contribution is -2.30. The van der Waals surface area contributed by atoms with Crippen LogP contribution in [0.2, 0.25) is 0 Å². The predicted octanol–water partition coefficient (Wildman–Crippen LogP) is 0.769. The van der Waals surface area contributed by atoms with Gasteiger partial charge in [0.05, 0.1) is 5.69 Å². The number of rotatable bonds is 6. The second kappa shape index (κ2) is 6.39. The van der Waals surface area contributed by atoms with E-state index in [0.717, 1.165) is 18.8 Å². The monoisotopic (exact) mass is 238 g/mol. The summed E-state index contributed by atoms with van der Waals surface area (Å²) in [6, 6.07) is 0. The molecule has 0 saturated heterocycles. The molecule has 5 heteroatoms. The quantitative estimate of drug-likeness (QED) is 0.720. The molecule has 1 aromatic rings. The molecule has 2 N–H and O–H groups in total. The summed E-state index contributed by atoms with van der Waals surface area (Å²) in [4.78, 5) is 10.7. The molecular formula is C12H22N4O. The van der Waals surface area contributed by atoms with E-state index in [1.165, 1.54) is 12.5 Å². The molecule has 1 amide bonds. The van der Waals surface area contributed by atoms with Crippen LogP contribution in [0.15, 0.2) is 6.20 Å². The Morgan fingerprint density at radius 3 is 2.76 bits per heavy atom. The molecule has 0 aliphatic heterocycles. The number of carbonyl (C=O) groups is 1. The summed E-state index contributed by atoms with van der Waals surface area (Å²) in [5.74, 6) is 0.444. The summed E-state index contributed by atoms with van der Waals surface area (Å²) in [6.07, 6.45) is 2.04. The zero-order valence-corrected chi connectivity index (χ0v) is 11.1. The molecule has 96 valence electrons. The van der Waals surface area contributed by atoms with Crippen LogP contribution in [0.3, 0.4) is 0 Å². The third-order valence-electron chi connectivity index (χ3n) is 2.48. The Morgan fingerprint density at radius 2 is 2.18 bits per heavy atom. The largest absolute Gasteiger partial charge is 0.355 e. The minimum Gasteiger partial charge on any atom is -0.355 e. The van der Waals surface area contributed by atoms with Gasteiger partial charge in [0.1, 0.15) is 0 Å². The normalized spacial score (nSPS) is 10.9. The van der Waals surface area contributed by atoms with Gasteiger partial charge in [-0.3, -0.25) is 9.48 Å². The van der Waals surface area contributed by atoms with E-state index in [1.807, 2.05) is 17.9 Å². The molecule has 0 aliphatic carbocycles. The Hall–Kier alpha value is -1.36. The van der Waals surface area contributed by atoms with Crippen LogP contribution in [0.4, 0.5) is 0 Å². The van der Waals surface area contributed by atoms with E-state index in [9.17, 15) is 4.79 Å². The van der Waals surface area contributed by atoms with E-state index in [2.05, 4.69) is 29.6 Å². The van der Waals surface area contributed by atoms with Crippen molar-refractivity contribution in [3.05, 3.63) is 17.5 Å². The average molecular weight is 238 g/mol. The maximum absolute atomic E-state index is 10.7. The maximum atomic E-state index is 10.7. The number of nitrogens with zero attached hydrogens (tertiary/aromatic N) is 2. The van der Waals surface area contributed by atoms with E-state index in [1.54, 1.807) is 0 Å². The first-order chi connectivity index (χ1) is 8.00. The van der Waals surface area contributed by atoms with Crippen LogP contribution in [0.5, 0.6) is 0 Å². The number of carbonyl (C=O) groups excluding carboxylic acids is 1. The number of hydrogen-bond acceptors (Lipinski definition) is 3. The van der Waals surface area contributed by atoms with Crippen LogP contribution < -0.4 is 10.6 Å². The van der Waals surface area contributed by atoms with E-state index >= 15 is 0 Å². The summed E-state index contributed by atoms with van der Waals surface area (Å²) in [7, 11) is 1.94. The van der Waals surface area contributed by atoms with Crippen molar-refractivity contribution in [2.75, 3.05) is 13.1 Å². The van der Waals surface area contributed by atoms with Crippen molar-refractivity contribution >= 4 is 5.91 Å². The second-order valence-electron chi connectivity index (χ2n) is 4.53. The summed E-state index contributed by atoms with van der Waals surface area (Å²) in [5, 5.41) is 10.5. The first-order valence-electron chi connectivity index (χ1n) is 5.98. The molecule has 0 unspecified atom stereocenters. The van der Waals surface area contributed by atoms with Gasteiger partial charge in [0.2, 0.25) is 5.91 Å².